The summed E-state index contributed by atoms with van der Waals surface area (Å²) in [5.74, 6) is -0.0610. The minimum Gasteiger partial charge on any atom is -0.444 e. The van der Waals surface area contributed by atoms with Crippen molar-refractivity contribution < 1.29 is 22.7 Å². The molecule has 180 valence electrons. The molecule has 1 aliphatic rings. The van der Waals surface area contributed by atoms with Gasteiger partial charge in [0.2, 0.25) is 15.9 Å². The van der Waals surface area contributed by atoms with Crippen molar-refractivity contribution in [2.45, 2.75) is 64.4 Å². The maximum atomic E-state index is 12.8. The number of ether oxygens (including phenoxy) is 1. The summed E-state index contributed by atoms with van der Waals surface area (Å²) in [4.78, 5) is 26.4. The quantitative estimate of drug-likeness (QED) is 0.616. The van der Waals surface area contributed by atoms with Gasteiger partial charge in [0.15, 0.2) is 0 Å². The van der Waals surface area contributed by atoms with Crippen LogP contribution in [0, 0.1) is 5.92 Å². The first-order valence-electron chi connectivity index (χ1n) is 10.9. The topological polar surface area (TPSA) is 96.0 Å². The second kappa shape index (κ2) is 10.9. The summed E-state index contributed by atoms with van der Waals surface area (Å²) >= 11 is 6.15. The summed E-state index contributed by atoms with van der Waals surface area (Å²) in [5, 5.41) is 2.90. The number of hydrogen-bond acceptors (Lipinski definition) is 5. The van der Waals surface area contributed by atoms with Gasteiger partial charge >= 0.3 is 6.09 Å². The number of carbonyl (C=O) groups excluding carboxylic acids is 2. The predicted octanol–water partition coefficient (Wildman–Crippen LogP) is 4.35. The van der Waals surface area contributed by atoms with Crippen LogP contribution >= 0.6 is 11.6 Å². The third-order valence-electron chi connectivity index (χ3n) is 5.28. The van der Waals surface area contributed by atoms with Gasteiger partial charge in [-0.2, -0.15) is 4.31 Å². The third kappa shape index (κ3) is 7.08. The van der Waals surface area contributed by atoms with Crippen LogP contribution in [0.5, 0.6) is 0 Å². The number of nitrogens with zero attached hydrogens (tertiary/aromatic N) is 2. The summed E-state index contributed by atoms with van der Waals surface area (Å²) in [6.07, 6.45) is 1.37. The van der Waals surface area contributed by atoms with Gasteiger partial charge in [-0.05, 0) is 57.7 Å². The Labute approximate surface area is 196 Å². The summed E-state index contributed by atoms with van der Waals surface area (Å²) < 4.78 is 32.4. The van der Waals surface area contributed by atoms with Gasteiger partial charge in [0.25, 0.3) is 0 Å². The van der Waals surface area contributed by atoms with Crippen LogP contribution in [0.3, 0.4) is 0 Å². The molecule has 0 aliphatic carbocycles. The van der Waals surface area contributed by atoms with Crippen LogP contribution in [0.4, 0.5) is 10.5 Å². The lowest BCUT2D eigenvalue weighted by molar-refractivity contribution is -0.117. The average Bonchev–Trinajstić information content (AvgIpc) is 2.69. The molecule has 1 N–H and O–H groups in total. The molecule has 1 saturated heterocycles. The Morgan fingerprint density at radius 1 is 1.19 bits per heavy atom. The van der Waals surface area contributed by atoms with E-state index in [9.17, 15) is 18.0 Å². The van der Waals surface area contributed by atoms with Gasteiger partial charge in [-0.25, -0.2) is 13.2 Å². The van der Waals surface area contributed by atoms with Gasteiger partial charge in [-0.3, -0.25) is 4.79 Å². The first-order valence-corrected chi connectivity index (χ1v) is 12.8. The van der Waals surface area contributed by atoms with E-state index in [1.165, 1.54) is 16.4 Å². The Morgan fingerprint density at radius 2 is 1.78 bits per heavy atom. The molecule has 2 rings (SSSR count). The highest BCUT2D eigenvalue weighted by Crippen LogP contribution is 2.28. The number of likely N-dealkylation sites (tertiary alicyclic amines) is 1. The Balaban J connectivity index is 1.96. The number of nitrogens with one attached hydrogen (secondary N) is 1. The molecule has 0 saturated carbocycles. The lowest BCUT2D eigenvalue weighted by atomic mass is 9.93. The molecule has 0 aromatic heterocycles. The minimum absolute atomic E-state index is 0.0219. The number of piperidine rings is 1. The van der Waals surface area contributed by atoms with Crippen LogP contribution in [0.15, 0.2) is 23.1 Å². The smallest absolute Gasteiger partial charge is 0.410 e. The molecule has 0 radical (unpaired) electrons. The number of benzene rings is 1. The molecule has 0 bridgehead atoms. The van der Waals surface area contributed by atoms with Crippen LogP contribution in [0.2, 0.25) is 5.02 Å². The molecule has 1 aromatic carbocycles. The van der Waals surface area contributed by atoms with Crippen molar-refractivity contribution in [3.63, 3.8) is 0 Å². The van der Waals surface area contributed by atoms with Crippen molar-refractivity contribution in [1.82, 2.24) is 9.21 Å². The largest absolute Gasteiger partial charge is 0.444 e. The van der Waals surface area contributed by atoms with E-state index in [4.69, 9.17) is 16.3 Å². The second-order valence-corrected chi connectivity index (χ2v) is 11.2. The molecule has 0 atom stereocenters. The molecule has 1 aliphatic heterocycles. The molecular weight excluding hydrogens is 454 g/mol. The lowest BCUT2D eigenvalue weighted by Crippen LogP contribution is -2.42. The highest BCUT2D eigenvalue weighted by molar-refractivity contribution is 7.89. The highest BCUT2D eigenvalue weighted by atomic mass is 35.5. The normalized spacial score (nSPS) is 15.7. The van der Waals surface area contributed by atoms with Crippen LogP contribution < -0.4 is 5.32 Å². The van der Waals surface area contributed by atoms with Crippen molar-refractivity contribution >= 4 is 39.3 Å². The summed E-state index contributed by atoms with van der Waals surface area (Å²) in [6.45, 7) is 10.7. The molecule has 0 spiro atoms. The molecule has 32 heavy (non-hydrogen) atoms. The van der Waals surface area contributed by atoms with Crippen molar-refractivity contribution in [2.75, 3.05) is 31.5 Å². The van der Waals surface area contributed by atoms with Crippen molar-refractivity contribution in [1.29, 1.82) is 0 Å². The predicted molar refractivity (Wildman–Crippen MR) is 125 cm³/mol. The molecule has 1 heterocycles. The van der Waals surface area contributed by atoms with Crippen molar-refractivity contribution in [2.24, 2.45) is 5.92 Å². The Morgan fingerprint density at radius 3 is 2.31 bits per heavy atom. The lowest BCUT2D eigenvalue weighted by Gasteiger charge is -2.33. The molecule has 1 fully saturated rings. The number of carbonyl (C=O) groups is 2. The highest BCUT2D eigenvalue weighted by Gasteiger charge is 2.28. The van der Waals surface area contributed by atoms with Crippen LogP contribution in [0.1, 0.15) is 53.9 Å². The zero-order valence-electron chi connectivity index (χ0n) is 19.5. The number of rotatable bonds is 7. The molecule has 8 nitrogen and oxygen atoms in total. The zero-order chi connectivity index (χ0) is 24.1. The van der Waals surface area contributed by atoms with E-state index in [1.807, 2.05) is 20.8 Å². The van der Waals surface area contributed by atoms with E-state index in [0.717, 1.165) is 0 Å². The fraction of sp³-hybridized carbons (Fsp3) is 0.636. The zero-order valence-corrected chi connectivity index (χ0v) is 21.1. The van der Waals surface area contributed by atoms with Crippen LogP contribution in [-0.2, 0) is 19.6 Å². The summed E-state index contributed by atoms with van der Waals surface area (Å²) in [6, 6.07) is 4.47. The van der Waals surface area contributed by atoms with Gasteiger partial charge in [0.05, 0.1) is 5.02 Å². The second-order valence-electron chi connectivity index (χ2n) is 8.90. The molecule has 10 heteroatoms. The van der Waals surface area contributed by atoms with E-state index in [-0.39, 0.29) is 27.8 Å². The van der Waals surface area contributed by atoms with Gasteiger partial charge in [-0.1, -0.05) is 25.4 Å². The molecular formula is C22H34ClN3O5S. The molecule has 0 unspecified atom stereocenters. The van der Waals surface area contributed by atoms with Crippen molar-refractivity contribution in [3.8, 4) is 0 Å². The number of sulfonamides is 1. The first-order chi connectivity index (χ1) is 14.9. The van der Waals surface area contributed by atoms with Gasteiger partial charge < -0.3 is 15.0 Å². The Bertz CT molecular complexity index is 918. The van der Waals surface area contributed by atoms with E-state index in [0.29, 0.717) is 51.1 Å². The maximum Gasteiger partial charge on any atom is 0.410 e. The number of amides is 2. The molecule has 1 aromatic rings. The van der Waals surface area contributed by atoms with Crippen molar-refractivity contribution in [3.05, 3.63) is 23.2 Å². The van der Waals surface area contributed by atoms with Crippen LogP contribution in [-0.4, -0.2) is 61.4 Å². The maximum absolute atomic E-state index is 12.8. The Hall–Kier alpha value is -1.84. The fourth-order valence-electron chi connectivity index (χ4n) is 3.60. The van der Waals surface area contributed by atoms with E-state index in [1.54, 1.807) is 24.8 Å². The monoisotopic (exact) mass is 487 g/mol. The number of anilines is 1. The van der Waals surface area contributed by atoms with Gasteiger partial charge in [0.1, 0.15) is 10.5 Å². The number of halogens is 1. The van der Waals surface area contributed by atoms with E-state index >= 15 is 0 Å². The average molecular weight is 488 g/mol. The fourth-order valence-corrected chi connectivity index (χ4v) is 5.56. The minimum atomic E-state index is -3.74. The van der Waals surface area contributed by atoms with E-state index in [2.05, 4.69) is 5.32 Å². The standard InChI is InChI=1S/C22H34ClN3O5S/c1-6-26(7-2)32(29,30)19-15-17(8-9-18(19)23)24-20(27)14-16-10-12-25(13-11-16)21(28)31-22(3,4)5/h8-9,15-16H,6-7,10-14H2,1-5H3,(H,24,27). The SMILES string of the molecule is CCN(CC)S(=O)(=O)c1cc(NC(=O)CC2CCN(C(=O)OC(C)(C)C)CC2)ccc1Cl. The number of hydrogen-bond donors (Lipinski definition) is 1. The van der Waals surface area contributed by atoms with Gasteiger partial charge in [-0.15, -0.1) is 0 Å². The van der Waals surface area contributed by atoms with Gasteiger partial charge in [0, 0.05) is 38.3 Å². The van der Waals surface area contributed by atoms with E-state index < -0.39 is 15.6 Å². The first kappa shape index (κ1) is 26.4. The van der Waals surface area contributed by atoms with Crippen LogP contribution in [0.25, 0.3) is 0 Å². The summed E-state index contributed by atoms with van der Waals surface area (Å²) in [7, 11) is -3.74. The third-order valence-corrected chi connectivity index (χ3v) is 7.81. The Kier molecular flexibility index (Phi) is 8.96. The summed E-state index contributed by atoms with van der Waals surface area (Å²) in [5.41, 5.74) is -0.152. The molecule has 2 amide bonds.